The van der Waals surface area contributed by atoms with Crippen molar-refractivity contribution < 1.29 is 24.2 Å². The van der Waals surface area contributed by atoms with Crippen LogP contribution in [-0.4, -0.2) is 59.6 Å². The van der Waals surface area contributed by atoms with E-state index >= 15 is 0 Å². The van der Waals surface area contributed by atoms with Crippen LogP contribution in [0, 0.1) is 11.8 Å². The summed E-state index contributed by atoms with van der Waals surface area (Å²) >= 11 is 0. The molecular formula is C18H28N2O5. The first-order chi connectivity index (χ1) is 12.1. The minimum atomic E-state index is -1.01. The highest BCUT2D eigenvalue weighted by atomic mass is 16.5. The first-order valence-corrected chi connectivity index (χ1v) is 9.47. The van der Waals surface area contributed by atoms with Gasteiger partial charge in [0.25, 0.3) is 0 Å². The van der Waals surface area contributed by atoms with E-state index in [0.717, 1.165) is 38.5 Å². The molecular weight excluding hydrogens is 324 g/mol. The van der Waals surface area contributed by atoms with Gasteiger partial charge in [0.05, 0.1) is 13.2 Å². The summed E-state index contributed by atoms with van der Waals surface area (Å²) in [4.78, 5) is 37.8. The number of hydrogen-bond acceptors (Lipinski definition) is 4. The average molecular weight is 352 g/mol. The van der Waals surface area contributed by atoms with Gasteiger partial charge in [0.1, 0.15) is 0 Å². The van der Waals surface area contributed by atoms with Gasteiger partial charge >= 0.3 is 5.97 Å². The topological polar surface area (TPSA) is 95.9 Å². The van der Waals surface area contributed by atoms with Gasteiger partial charge in [-0.25, -0.2) is 4.79 Å². The summed E-state index contributed by atoms with van der Waals surface area (Å²) in [7, 11) is 0. The monoisotopic (exact) mass is 352 g/mol. The smallest absolute Gasteiger partial charge is 0.328 e. The van der Waals surface area contributed by atoms with Crippen LogP contribution in [0.3, 0.4) is 0 Å². The van der Waals surface area contributed by atoms with Gasteiger partial charge in [-0.2, -0.15) is 0 Å². The van der Waals surface area contributed by atoms with Gasteiger partial charge in [-0.1, -0.05) is 12.8 Å². The molecule has 2 N–H and O–H groups in total. The lowest BCUT2D eigenvalue weighted by molar-refractivity contribution is -0.160. The van der Waals surface area contributed by atoms with Crippen molar-refractivity contribution in [3.8, 4) is 0 Å². The molecule has 25 heavy (non-hydrogen) atoms. The van der Waals surface area contributed by atoms with E-state index in [2.05, 4.69) is 5.32 Å². The predicted octanol–water partition coefficient (Wildman–Crippen LogP) is 1.16. The van der Waals surface area contributed by atoms with Gasteiger partial charge < -0.3 is 20.1 Å². The molecule has 140 valence electrons. The van der Waals surface area contributed by atoms with E-state index in [4.69, 9.17) is 4.74 Å². The number of amides is 2. The standard InChI is InChI=1S/C18H28N2O5/c21-16(12-3-1-2-4-12)19-14-7-5-13(6-8-14)17(22)20-9-10-25-11-15(20)18(23)24/h12-15H,1-11H2,(H,19,21)(H,23,24). The van der Waals surface area contributed by atoms with Crippen LogP contribution in [0.5, 0.6) is 0 Å². The summed E-state index contributed by atoms with van der Waals surface area (Å²) in [5, 5.41) is 12.4. The second-order valence-electron chi connectivity index (χ2n) is 7.50. The van der Waals surface area contributed by atoms with Crippen LogP contribution in [0.4, 0.5) is 0 Å². The molecule has 0 aromatic rings. The van der Waals surface area contributed by atoms with Gasteiger partial charge in [0, 0.05) is 24.4 Å². The molecule has 0 bridgehead atoms. The Balaban J connectivity index is 1.48. The van der Waals surface area contributed by atoms with Crippen molar-refractivity contribution in [3.63, 3.8) is 0 Å². The van der Waals surface area contributed by atoms with Crippen LogP contribution >= 0.6 is 0 Å². The fraction of sp³-hybridized carbons (Fsp3) is 0.833. The van der Waals surface area contributed by atoms with E-state index in [-0.39, 0.29) is 36.3 Å². The lowest BCUT2D eigenvalue weighted by Crippen LogP contribution is -2.54. The number of ether oxygens (including phenoxy) is 1. The second kappa shape index (κ2) is 8.17. The predicted molar refractivity (Wildman–Crippen MR) is 89.8 cm³/mol. The number of carboxylic acid groups (broad SMARTS) is 1. The van der Waals surface area contributed by atoms with Crippen molar-refractivity contribution in [2.75, 3.05) is 19.8 Å². The minimum absolute atomic E-state index is 0.0634. The number of rotatable bonds is 4. The van der Waals surface area contributed by atoms with E-state index in [1.807, 2.05) is 0 Å². The maximum atomic E-state index is 12.7. The van der Waals surface area contributed by atoms with Crippen LogP contribution in [0.1, 0.15) is 51.4 Å². The number of carbonyl (C=O) groups is 3. The van der Waals surface area contributed by atoms with E-state index in [1.54, 1.807) is 0 Å². The zero-order valence-electron chi connectivity index (χ0n) is 14.6. The highest BCUT2D eigenvalue weighted by Gasteiger charge is 2.37. The van der Waals surface area contributed by atoms with Crippen LogP contribution in [0.2, 0.25) is 0 Å². The van der Waals surface area contributed by atoms with E-state index in [9.17, 15) is 19.5 Å². The third-order valence-corrected chi connectivity index (χ3v) is 5.85. The third-order valence-electron chi connectivity index (χ3n) is 5.85. The molecule has 1 atom stereocenters. The number of nitrogens with zero attached hydrogens (tertiary/aromatic N) is 1. The van der Waals surface area contributed by atoms with Gasteiger partial charge in [-0.3, -0.25) is 9.59 Å². The van der Waals surface area contributed by atoms with Crippen LogP contribution in [-0.2, 0) is 19.1 Å². The van der Waals surface area contributed by atoms with Gasteiger partial charge in [-0.15, -0.1) is 0 Å². The SMILES string of the molecule is O=C(NC1CCC(C(=O)N2CCOCC2C(=O)O)CC1)C1CCCC1. The lowest BCUT2D eigenvalue weighted by Gasteiger charge is -2.37. The number of hydrogen-bond donors (Lipinski definition) is 2. The molecule has 3 aliphatic rings. The molecule has 3 fully saturated rings. The summed E-state index contributed by atoms with van der Waals surface area (Å²) in [6.07, 6.45) is 7.26. The zero-order valence-corrected chi connectivity index (χ0v) is 14.6. The first-order valence-electron chi connectivity index (χ1n) is 9.47. The number of carbonyl (C=O) groups excluding carboxylic acids is 2. The summed E-state index contributed by atoms with van der Waals surface area (Å²) in [6.45, 7) is 0.796. The Morgan fingerprint density at radius 1 is 0.960 bits per heavy atom. The van der Waals surface area contributed by atoms with Crippen molar-refractivity contribution in [3.05, 3.63) is 0 Å². The summed E-state index contributed by atoms with van der Waals surface area (Å²) in [6, 6.07) is -0.724. The number of aliphatic carboxylic acids is 1. The molecule has 0 aromatic heterocycles. The molecule has 2 amide bonds. The molecule has 3 rings (SSSR count). The molecule has 0 radical (unpaired) electrons. The summed E-state index contributed by atoms with van der Waals surface area (Å²) in [5.41, 5.74) is 0. The van der Waals surface area contributed by atoms with Crippen molar-refractivity contribution in [2.24, 2.45) is 11.8 Å². The highest BCUT2D eigenvalue weighted by Crippen LogP contribution is 2.29. The lowest BCUT2D eigenvalue weighted by atomic mass is 9.84. The molecule has 1 aliphatic heterocycles. The van der Waals surface area contributed by atoms with Gasteiger partial charge in [0.2, 0.25) is 11.8 Å². The van der Waals surface area contributed by atoms with E-state index in [1.165, 1.54) is 4.90 Å². The third kappa shape index (κ3) is 4.32. The quantitative estimate of drug-likeness (QED) is 0.792. The van der Waals surface area contributed by atoms with Crippen LogP contribution in [0.15, 0.2) is 0 Å². The second-order valence-corrected chi connectivity index (χ2v) is 7.50. The molecule has 1 saturated heterocycles. The Morgan fingerprint density at radius 3 is 2.28 bits per heavy atom. The fourth-order valence-corrected chi connectivity index (χ4v) is 4.30. The number of carboxylic acids is 1. The molecule has 0 spiro atoms. The van der Waals surface area contributed by atoms with Crippen molar-refractivity contribution in [1.29, 1.82) is 0 Å². The van der Waals surface area contributed by atoms with Crippen molar-refractivity contribution >= 4 is 17.8 Å². The molecule has 1 heterocycles. The largest absolute Gasteiger partial charge is 0.480 e. The van der Waals surface area contributed by atoms with Crippen LogP contribution < -0.4 is 5.32 Å². The van der Waals surface area contributed by atoms with E-state index in [0.29, 0.717) is 26.0 Å². The van der Waals surface area contributed by atoms with Gasteiger partial charge in [-0.05, 0) is 38.5 Å². The first kappa shape index (κ1) is 18.2. The Morgan fingerprint density at radius 2 is 1.64 bits per heavy atom. The number of morpholine rings is 1. The molecule has 1 unspecified atom stereocenters. The Bertz CT molecular complexity index is 510. The Labute approximate surface area is 148 Å². The zero-order chi connectivity index (χ0) is 17.8. The normalized spacial score (nSPS) is 30.9. The number of nitrogens with one attached hydrogen (secondary N) is 1. The maximum absolute atomic E-state index is 12.7. The molecule has 0 aromatic carbocycles. The average Bonchev–Trinajstić information content (AvgIpc) is 3.16. The maximum Gasteiger partial charge on any atom is 0.328 e. The van der Waals surface area contributed by atoms with Gasteiger partial charge in [0.15, 0.2) is 6.04 Å². The molecule has 7 nitrogen and oxygen atoms in total. The van der Waals surface area contributed by atoms with Crippen LogP contribution in [0.25, 0.3) is 0 Å². The summed E-state index contributed by atoms with van der Waals surface area (Å²) in [5.74, 6) is -0.878. The molecule has 2 saturated carbocycles. The Hall–Kier alpha value is -1.63. The minimum Gasteiger partial charge on any atom is -0.480 e. The van der Waals surface area contributed by atoms with Crippen molar-refractivity contribution in [2.45, 2.75) is 63.5 Å². The highest BCUT2D eigenvalue weighted by molar-refractivity contribution is 5.85. The Kier molecular flexibility index (Phi) is 5.93. The summed E-state index contributed by atoms with van der Waals surface area (Å²) < 4.78 is 5.20. The molecule has 7 heteroatoms. The van der Waals surface area contributed by atoms with Crippen molar-refractivity contribution in [1.82, 2.24) is 10.2 Å². The molecule has 2 aliphatic carbocycles. The fourth-order valence-electron chi connectivity index (χ4n) is 4.30. The van der Waals surface area contributed by atoms with E-state index < -0.39 is 12.0 Å².